The molecule has 0 unspecified atom stereocenters. The van der Waals surface area contributed by atoms with E-state index in [1.807, 2.05) is 24.3 Å². The van der Waals surface area contributed by atoms with Crippen LogP contribution in [-0.4, -0.2) is 48.0 Å². The van der Waals surface area contributed by atoms with Crippen molar-refractivity contribution < 1.29 is 9.47 Å². The lowest BCUT2D eigenvalue weighted by Crippen LogP contribution is -2.39. The molecule has 2 N–H and O–H groups in total. The van der Waals surface area contributed by atoms with Crippen molar-refractivity contribution in [2.45, 2.75) is 25.9 Å². The van der Waals surface area contributed by atoms with Crippen molar-refractivity contribution in [1.82, 2.24) is 25.4 Å². The van der Waals surface area contributed by atoms with Gasteiger partial charge in [0.05, 0.1) is 20.2 Å². The summed E-state index contributed by atoms with van der Waals surface area (Å²) in [6, 6.07) is 7.52. The molecule has 1 aliphatic heterocycles. The zero-order valence-corrected chi connectivity index (χ0v) is 14.7. The predicted molar refractivity (Wildman–Crippen MR) is 95.0 cm³/mol. The molecule has 0 amide bonds. The standard InChI is InChI=1S/C17H24N6O2/c1-18-17(20-12-16-22-21-15-4-3-10-23(15)16)19-9-11-25-14-7-5-13(24-2)6-8-14/h5-8H,3-4,9-12H2,1-2H3,(H2,18,19,20). The van der Waals surface area contributed by atoms with Crippen molar-refractivity contribution in [2.24, 2.45) is 4.99 Å². The lowest BCUT2D eigenvalue weighted by atomic mass is 10.3. The van der Waals surface area contributed by atoms with E-state index in [4.69, 9.17) is 9.47 Å². The number of aryl methyl sites for hydroxylation is 1. The summed E-state index contributed by atoms with van der Waals surface area (Å²) in [7, 11) is 3.39. The molecule has 0 spiro atoms. The minimum Gasteiger partial charge on any atom is -0.497 e. The van der Waals surface area contributed by atoms with Gasteiger partial charge in [0.25, 0.3) is 0 Å². The van der Waals surface area contributed by atoms with Crippen molar-refractivity contribution in [3.05, 3.63) is 35.9 Å². The van der Waals surface area contributed by atoms with Gasteiger partial charge in [0, 0.05) is 20.0 Å². The smallest absolute Gasteiger partial charge is 0.191 e. The molecule has 0 bridgehead atoms. The van der Waals surface area contributed by atoms with Gasteiger partial charge in [-0.1, -0.05) is 0 Å². The van der Waals surface area contributed by atoms with Crippen LogP contribution in [0, 0.1) is 0 Å². The van der Waals surface area contributed by atoms with Gasteiger partial charge in [0.15, 0.2) is 11.8 Å². The van der Waals surface area contributed by atoms with Gasteiger partial charge in [-0.25, -0.2) is 0 Å². The van der Waals surface area contributed by atoms with E-state index in [1.165, 1.54) is 0 Å². The fraction of sp³-hybridized carbons (Fsp3) is 0.471. The number of benzene rings is 1. The number of methoxy groups -OCH3 is 1. The Hall–Kier alpha value is -2.77. The van der Waals surface area contributed by atoms with Crippen LogP contribution >= 0.6 is 0 Å². The van der Waals surface area contributed by atoms with Gasteiger partial charge in [0.1, 0.15) is 23.9 Å². The molecule has 0 atom stereocenters. The van der Waals surface area contributed by atoms with Gasteiger partial charge in [-0.15, -0.1) is 10.2 Å². The number of guanidine groups is 1. The first-order valence-electron chi connectivity index (χ1n) is 8.42. The number of aliphatic imine (C=N–C) groups is 1. The average Bonchev–Trinajstić information content (AvgIpc) is 3.26. The number of hydrogen-bond acceptors (Lipinski definition) is 5. The van der Waals surface area contributed by atoms with Gasteiger partial charge in [-0.05, 0) is 30.7 Å². The van der Waals surface area contributed by atoms with Gasteiger partial charge in [-0.2, -0.15) is 0 Å². The molecule has 1 aromatic heterocycles. The van der Waals surface area contributed by atoms with Crippen LogP contribution in [0.15, 0.2) is 29.3 Å². The average molecular weight is 344 g/mol. The molecule has 2 heterocycles. The lowest BCUT2D eigenvalue weighted by Gasteiger charge is -2.12. The fourth-order valence-electron chi connectivity index (χ4n) is 2.74. The van der Waals surface area contributed by atoms with E-state index in [9.17, 15) is 0 Å². The van der Waals surface area contributed by atoms with Crippen molar-refractivity contribution in [3.8, 4) is 11.5 Å². The first kappa shape index (κ1) is 17.1. The van der Waals surface area contributed by atoms with Crippen LogP contribution in [0.1, 0.15) is 18.1 Å². The summed E-state index contributed by atoms with van der Waals surface area (Å²) in [4.78, 5) is 4.21. The lowest BCUT2D eigenvalue weighted by molar-refractivity contribution is 0.321. The maximum atomic E-state index is 5.68. The summed E-state index contributed by atoms with van der Waals surface area (Å²) in [5, 5.41) is 14.9. The topological polar surface area (TPSA) is 85.6 Å². The molecule has 134 valence electrons. The molecular weight excluding hydrogens is 320 g/mol. The van der Waals surface area contributed by atoms with E-state index < -0.39 is 0 Å². The summed E-state index contributed by atoms with van der Waals surface area (Å²) in [6.45, 7) is 2.78. The molecule has 8 heteroatoms. The zero-order valence-electron chi connectivity index (χ0n) is 14.7. The molecule has 0 aliphatic carbocycles. The van der Waals surface area contributed by atoms with Crippen LogP contribution in [0.4, 0.5) is 0 Å². The van der Waals surface area contributed by atoms with Gasteiger partial charge in [0.2, 0.25) is 0 Å². The largest absolute Gasteiger partial charge is 0.497 e. The van der Waals surface area contributed by atoms with Crippen LogP contribution in [0.5, 0.6) is 11.5 Å². The van der Waals surface area contributed by atoms with Crippen LogP contribution in [0.3, 0.4) is 0 Å². The van der Waals surface area contributed by atoms with Gasteiger partial charge >= 0.3 is 0 Å². The third-order valence-corrected chi connectivity index (χ3v) is 4.05. The first-order valence-corrected chi connectivity index (χ1v) is 8.42. The van der Waals surface area contributed by atoms with Crippen molar-refractivity contribution in [1.29, 1.82) is 0 Å². The number of aromatic nitrogens is 3. The Kier molecular flexibility index (Phi) is 5.71. The number of fused-ring (bicyclic) bond motifs is 1. The van der Waals surface area contributed by atoms with Crippen LogP contribution in [0.2, 0.25) is 0 Å². The summed E-state index contributed by atoms with van der Waals surface area (Å²) < 4.78 is 13.0. The van der Waals surface area contributed by atoms with E-state index in [-0.39, 0.29) is 0 Å². The number of nitrogens with zero attached hydrogens (tertiary/aromatic N) is 4. The quantitative estimate of drug-likeness (QED) is 0.442. The van der Waals surface area contributed by atoms with Crippen LogP contribution < -0.4 is 20.1 Å². The zero-order chi connectivity index (χ0) is 17.5. The molecule has 0 saturated carbocycles. The maximum Gasteiger partial charge on any atom is 0.191 e. The third kappa shape index (κ3) is 4.40. The molecular formula is C17H24N6O2. The highest BCUT2D eigenvalue weighted by Gasteiger charge is 2.16. The highest BCUT2D eigenvalue weighted by Crippen LogP contribution is 2.16. The Morgan fingerprint density at radius 3 is 2.76 bits per heavy atom. The van der Waals surface area contributed by atoms with E-state index in [1.54, 1.807) is 14.2 Å². The van der Waals surface area contributed by atoms with Crippen molar-refractivity contribution >= 4 is 5.96 Å². The Morgan fingerprint density at radius 2 is 2.00 bits per heavy atom. The second kappa shape index (κ2) is 8.36. The minimum atomic E-state index is 0.535. The van der Waals surface area contributed by atoms with Gasteiger partial charge in [-0.3, -0.25) is 4.99 Å². The summed E-state index contributed by atoms with van der Waals surface area (Å²) in [5.74, 6) is 4.37. The fourth-order valence-corrected chi connectivity index (χ4v) is 2.74. The van der Waals surface area contributed by atoms with E-state index in [0.717, 1.165) is 42.5 Å². The maximum absolute atomic E-state index is 5.68. The number of rotatable bonds is 7. The Morgan fingerprint density at radius 1 is 1.20 bits per heavy atom. The second-order valence-corrected chi connectivity index (χ2v) is 5.66. The molecule has 3 rings (SSSR count). The summed E-state index contributed by atoms with van der Waals surface area (Å²) in [6.07, 6.45) is 2.16. The first-order chi connectivity index (χ1) is 12.3. The van der Waals surface area contributed by atoms with Crippen molar-refractivity contribution in [2.75, 3.05) is 27.3 Å². The molecule has 0 radical (unpaired) electrons. The molecule has 25 heavy (non-hydrogen) atoms. The number of hydrogen-bond donors (Lipinski definition) is 2. The van der Waals surface area contributed by atoms with Crippen LogP contribution in [0.25, 0.3) is 0 Å². The summed E-state index contributed by atoms with van der Waals surface area (Å²) in [5.41, 5.74) is 0. The monoisotopic (exact) mass is 344 g/mol. The van der Waals surface area contributed by atoms with Crippen LogP contribution in [-0.2, 0) is 19.5 Å². The Bertz CT molecular complexity index is 710. The highest BCUT2D eigenvalue weighted by molar-refractivity contribution is 5.79. The molecule has 0 saturated heterocycles. The van der Waals surface area contributed by atoms with E-state index in [2.05, 4.69) is 30.4 Å². The summed E-state index contributed by atoms with van der Waals surface area (Å²) >= 11 is 0. The Balaban J connectivity index is 1.38. The number of ether oxygens (including phenoxy) is 2. The molecule has 2 aromatic rings. The van der Waals surface area contributed by atoms with Gasteiger partial charge < -0.3 is 24.7 Å². The minimum absolute atomic E-state index is 0.535. The molecule has 0 fully saturated rings. The normalized spacial score (nSPS) is 13.4. The number of nitrogens with one attached hydrogen (secondary N) is 2. The molecule has 1 aliphatic rings. The van der Waals surface area contributed by atoms with E-state index in [0.29, 0.717) is 25.7 Å². The molecule has 8 nitrogen and oxygen atoms in total. The Labute approximate surface area is 147 Å². The highest BCUT2D eigenvalue weighted by atomic mass is 16.5. The third-order valence-electron chi connectivity index (χ3n) is 4.05. The van der Waals surface area contributed by atoms with E-state index >= 15 is 0 Å². The second-order valence-electron chi connectivity index (χ2n) is 5.66. The van der Waals surface area contributed by atoms with Crippen molar-refractivity contribution in [3.63, 3.8) is 0 Å². The SMILES string of the molecule is CN=C(NCCOc1ccc(OC)cc1)NCc1nnc2n1CCC2. The molecule has 1 aromatic carbocycles. The predicted octanol–water partition coefficient (Wildman–Crippen LogP) is 0.977.